The predicted molar refractivity (Wildman–Crippen MR) is 75.5 cm³/mol. The molecule has 0 aliphatic heterocycles. The van der Waals surface area contributed by atoms with E-state index < -0.39 is 0 Å². The minimum atomic E-state index is 0.0972. The van der Waals surface area contributed by atoms with Crippen molar-refractivity contribution >= 4 is 21.8 Å². The summed E-state index contributed by atoms with van der Waals surface area (Å²) >= 11 is 3.49. The van der Waals surface area contributed by atoms with E-state index >= 15 is 0 Å². The number of amides is 1. The van der Waals surface area contributed by atoms with Crippen molar-refractivity contribution in [3.05, 3.63) is 35.4 Å². The Kier molecular flexibility index (Phi) is 5.69. The second-order valence-electron chi connectivity index (χ2n) is 4.59. The lowest BCUT2D eigenvalue weighted by Gasteiger charge is -2.15. The molecule has 3 heteroatoms. The summed E-state index contributed by atoms with van der Waals surface area (Å²) in [5.74, 6) is 0.0972. The standard InChI is InChI=1S/C14H20BrNO/c1-10-6-4-5-7-13(10)9-14(17)16-12(3)8-11(2)15/h4-7,11-12H,8-9H2,1-3H3,(H,16,17). The van der Waals surface area contributed by atoms with E-state index in [-0.39, 0.29) is 11.9 Å². The van der Waals surface area contributed by atoms with Crippen molar-refractivity contribution in [2.45, 2.75) is 44.5 Å². The highest BCUT2D eigenvalue weighted by atomic mass is 79.9. The number of halogens is 1. The molecule has 0 saturated heterocycles. The molecule has 0 fully saturated rings. The third-order valence-corrected chi connectivity index (χ3v) is 3.07. The zero-order valence-electron chi connectivity index (χ0n) is 10.7. The van der Waals surface area contributed by atoms with Gasteiger partial charge in [0, 0.05) is 10.9 Å². The summed E-state index contributed by atoms with van der Waals surface area (Å²) in [7, 11) is 0. The van der Waals surface area contributed by atoms with Crippen molar-refractivity contribution in [3.8, 4) is 0 Å². The zero-order chi connectivity index (χ0) is 12.8. The number of rotatable bonds is 5. The van der Waals surface area contributed by atoms with Gasteiger partial charge >= 0.3 is 0 Å². The van der Waals surface area contributed by atoms with E-state index in [4.69, 9.17) is 0 Å². The molecule has 0 radical (unpaired) electrons. The fourth-order valence-corrected chi connectivity index (χ4v) is 2.41. The van der Waals surface area contributed by atoms with Gasteiger partial charge in [-0.05, 0) is 31.4 Å². The molecule has 1 rings (SSSR count). The fourth-order valence-electron chi connectivity index (χ4n) is 1.85. The molecule has 0 heterocycles. The molecule has 1 amide bonds. The van der Waals surface area contributed by atoms with Gasteiger partial charge in [-0.1, -0.05) is 47.1 Å². The Morgan fingerprint density at radius 2 is 2.00 bits per heavy atom. The molecule has 2 atom stereocenters. The molecule has 1 aromatic carbocycles. The Morgan fingerprint density at radius 3 is 2.59 bits per heavy atom. The van der Waals surface area contributed by atoms with Gasteiger partial charge in [0.1, 0.15) is 0 Å². The number of benzene rings is 1. The normalized spacial score (nSPS) is 14.1. The summed E-state index contributed by atoms with van der Waals surface area (Å²) in [6, 6.07) is 8.21. The quantitative estimate of drug-likeness (QED) is 0.831. The van der Waals surface area contributed by atoms with E-state index in [1.165, 1.54) is 5.56 Å². The second kappa shape index (κ2) is 6.80. The van der Waals surface area contributed by atoms with Crippen LogP contribution in [-0.2, 0) is 11.2 Å². The summed E-state index contributed by atoms with van der Waals surface area (Å²) < 4.78 is 0. The number of alkyl halides is 1. The van der Waals surface area contributed by atoms with E-state index in [0.717, 1.165) is 12.0 Å². The number of carbonyl (C=O) groups is 1. The number of aryl methyl sites for hydroxylation is 1. The van der Waals surface area contributed by atoms with Crippen LogP contribution >= 0.6 is 15.9 Å². The van der Waals surface area contributed by atoms with Gasteiger partial charge < -0.3 is 5.32 Å². The summed E-state index contributed by atoms with van der Waals surface area (Å²) in [4.78, 5) is 12.3. The molecule has 2 nitrogen and oxygen atoms in total. The number of nitrogens with one attached hydrogen (secondary N) is 1. The molecule has 0 aliphatic carbocycles. The van der Waals surface area contributed by atoms with E-state index in [1.54, 1.807) is 0 Å². The minimum Gasteiger partial charge on any atom is -0.353 e. The van der Waals surface area contributed by atoms with Crippen molar-refractivity contribution in [2.75, 3.05) is 0 Å². The van der Waals surface area contributed by atoms with Crippen LogP contribution in [-0.4, -0.2) is 16.8 Å². The number of carbonyl (C=O) groups excluding carboxylic acids is 1. The monoisotopic (exact) mass is 297 g/mol. The van der Waals surface area contributed by atoms with Gasteiger partial charge in [-0.2, -0.15) is 0 Å². The van der Waals surface area contributed by atoms with E-state index in [9.17, 15) is 4.79 Å². The molecular weight excluding hydrogens is 278 g/mol. The summed E-state index contributed by atoms with van der Waals surface area (Å²) in [6.45, 7) is 6.16. The Bertz CT molecular complexity index is 376. The summed E-state index contributed by atoms with van der Waals surface area (Å²) in [6.07, 6.45) is 1.41. The Balaban J connectivity index is 2.47. The van der Waals surface area contributed by atoms with Crippen LogP contribution in [0.5, 0.6) is 0 Å². The number of hydrogen-bond acceptors (Lipinski definition) is 1. The van der Waals surface area contributed by atoms with E-state index in [2.05, 4.69) is 28.2 Å². The van der Waals surface area contributed by atoms with E-state index in [1.807, 2.05) is 38.1 Å². The van der Waals surface area contributed by atoms with Crippen molar-refractivity contribution in [1.82, 2.24) is 5.32 Å². The minimum absolute atomic E-state index is 0.0972. The van der Waals surface area contributed by atoms with Crippen LogP contribution in [0, 0.1) is 6.92 Å². The molecule has 94 valence electrons. The SMILES string of the molecule is Cc1ccccc1CC(=O)NC(C)CC(C)Br. The van der Waals surface area contributed by atoms with Gasteiger partial charge in [-0.3, -0.25) is 4.79 Å². The molecule has 0 bridgehead atoms. The molecule has 1 N–H and O–H groups in total. The third-order valence-electron chi connectivity index (χ3n) is 2.70. The van der Waals surface area contributed by atoms with Crippen molar-refractivity contribution in [1.29, 1.82) is 0 Å². The predicted octanol–water partition coefficient (Wildman–Crippen LogP) is 3.22. The lowest BCUT2D eigenvalue weighted by atomic mass is 10.1. The van der Waals surface area contributed by atoms with Gasteiger partial charge in [-0.25, -0.2) is 0 Å². The second-order valence-corrected chi connectivity index (χ2v) is 6.15. The maximum absolute atomic E-state index is 11.8. The highest BCUT2D eigenvalue weighted by molar-refractivity contribution is 9.09. The highest BCUT2D eigenvalue weighted by Crippen LogP contribution is 2.09. The first-order valence-corrected chi connectivity index (χ1v) is 6.88. The summed E-state index contributed by atoms with van der Waals surface area (Å²) in [5, 5.41) is 3.02. The average Bonchev–Trinajstić information content (AvgIpc) is 2.19. The van der Waals surface area contributed by atoms with Crippen LogP contribution in [0.4, 0.5) is 0 Å². The molecular formula is C14H20BrNO. The molecule has 0 aliphatic rings. The highest BCUT2D eigenvalue weighted by Gasteiger charge is 2.10. The molecule has 17 heavy (non-hydrogen) atoms. The van der Waals surface area contributed by atoms with Crippen molar-refractivity contribution in [2.24, 2.45) is 0 Å². The topological polar surface area (TPSA) is 29.1 Å². The van der Waals surface area contributed by atoms with Crippen LogP contribution in [0.2, 0.25) is 0 Å². The average molecular weight is 298 g/mol. The number of hydrogen-bond donors (Lipinski definition) is 1. The summed E-state index contributed by atoms with van der Waals surface area (Å²) in [5.41, 5.74) is 2.27. The van der Waals surface area contributed by atoms with Gasteiger partial charge in [0.15, 0.2) is 0 Å². The van der Waals surface area contributed by atoms with Crippen LogP contribution in [0.3, 0.4) is 0 Å². The van der Waals surface area contributed by atoms with E-state index in [0.29, 0.717) is 11.2 Å². The first-order chi connectivity index (χ1) is 7.99. The van der Waals surface area contributed by atoms with Crippen molar-refractivity contribution in [3.63, 3.8) is 0 Å². The van der Waals surface area contributed by atoms with Crippen LogP contribution in [0.25, 0.3) is 0 Å². The van der Waals surface area contributed by atoms with Crippen LogP contribution in [0.15, 0.2) is 24.3 Å². The first-order valence-electron chi connectivity index (χ1n) is 5.97. The first kappa shape index (κ1) is 14.2. The molecule has 0 saturated carbocycles. The van der Waals surface area contributed by atoms with Gasteiger partial charge in [0.2, 0.25) is 5.91 Å². The maximum Gasteiger partial charge on any atom is 0.224 e. The van der Waals surface area contributed by atoms with Gasteiger partial charge in [0.05, 0.1) is 6.42 Å². The molecule has 0 aromatic heterocycles. The molecule has 0 spiro atoms. The Hall–Kier alpha value is -0.830. The smallest absolute Gasteiger partial charge is 0.224 e. The maximum atomic E-state index is 11.8. The third kappa shape index (κ3) is 5.35. The Labute approximate surface area is 112 Å². The van der Waals surface area contributed by atoms with Crippen LogP contribution in [0.1, 0.15) is 31.4 Å². The van der Waals surface area contributed by atoms with Crippen molar-refractivity contribution < 1.29 is 4.79 Å². The zero-order valence-corrected chi connectivity index (χ0v) is 12.3. The lowest BCUT2D eigenvalue weighted by Crippen LogP contribution is -2.35. The van der Waals surface area contributed by atoms with Gasteiger partial charge in [0.25, 0.3) is 0 Å². The van der Waals surface area contributed by atoms with Gasteiger partial charge in [-0.15, -0.1) is 0 Å². The molecule has 1 aromatic rings. The lowest BCUT2D eigenvalue weighted by molar-refractivity contribution is -0.121. The fraction of sp³-hybridized carbons (Fsp3) is 0.500. The Morgan fingerprint density at radius 1 is 1.35 bits per heavy atom. The largest absolute Gasteiger partial charge is 0.353 e. The molecule has 2 unspecified atom stereocenters. The van der Waals surface area contributed by atoms with Crippen LogP contribution < -0.4 is 5.32 Å².